The third kappa shape index (κ3) is 4.08. The summed E-state index contributed by atoms with van der Waals surface area (Å²) in [7, 11) is 7.65. The van der Waals surface area contributed by atoms with Crippen LogP contribution in [0.3, 0.4) is 0 Å². The Morgan fingerprint density at radius 3 is 1.77 bits per heavy atom. The molecule has 2 aromatic rings. The fourth-order valence-electron chi connectivity index (χ4n) is 2.45. The fraction of sp³-hybridized carbons (Fsp3) is 0.250. The van der Waals surface area contributed by atoms with Gasteiger partial charge in [-0.2, -0.15) is 0 Å². The fourth-order valence-corrected chi connectivity index (χ4v) is 2.45. The first-order chi connectivity index (χ1) is 12.6. The van der Waals surface area contributed by atoms with Crippen LogP contribution in [0.25, 0.3) is 6.08 Å². The Bertz CT molecular complexity index is 785. The minimum Gasteiger partial charge on any atom is -0.497 e. The maximum atomic E-state index is 12.7. The average molecular weight is 358 g/mol. The second-order valence-corrected chi connectivity index (χ2v) is 5.21. The third-order valence-corrected chi connectivity index (χ3v) is 3.82. The number of rotatable bonds is 8. The molecule has 0 heterocycles. The Balaban J connectivity index is 2.40. The molecule has 0 radical (unpaired) electrons. The first kappa shape index (κ1) is 19.2. The molecule has 2 aromatic carbocycles. The molecular formula is C20H22O6. The molecule has 0 aliphatic carbocycles. The van der Waals surface area contributed by atoms with Crippen LogP contribution in [0.4, 0.5) is 0 Å². The SMILES string of the molecule is COc1ccc(C=CC(=O)c2c(OC)cc(OC)cc2OC)c(OC)c1. The van der Waals surface area contributed by atoms with Crippen molar-refractivity contribution in [1.29, 1.82) is 0 Å². The minimum absolute atomic E-state index is 0.265. The smallest absolute Gasteiger partial charge is 0.193 e. The van der Waals surface area contributed by atoms with E-state index in [9.17, 15) is 4.79 Å². The first-order valence-corrected chi connectivity index (χ1v) is 7.82. The summed E-state index contributed by atoms with van der Waals surface area (Å²) in [6, 6.07) is 8.62. The first-order valence-electron chi connectivity index (χ1n) is 7.82. The molecule has 26 heavy (non-hydrogen) atoms. The van der Waals surface area contributed by atoms with Crippen molar-refractivity contribution in [3.05, 3.63) is 47.5 Å². The lowest BCUT2D eigenvalue weighted by atomic mass is 10.1. The Morgan fingerprint density at radius 1 is 0.731 bits per heavy atom. The molecule has 0 saturated carbocycles. The van der Waals surface area contributed by atoms with E-state index in [0.29, 0.717) is 34.3 Å². The molecule has 0 bridgehead atoms. The molecule has 0 N–H and O–H groups in total. The molecule has 0 aliphatic rings. The van der Waals surface area contributed by atoms with Gasteiger partial charge in [-0.25, -0.2) is 0 Å². The number of carbonyl (C=O) groups is 1. The van der Waals surface area contributed by atoms with Crippen molar-refractivity contribution < 1.29 is 28.5 Å². The number of methoxy groups -OCH3 is 5. The van der Waals surface area contributed by atoms with E-state index in [1.807, 2.05) is 6.07 Å². The second-order valence-electron chi connectivity index (χ2n) is 5.21. The van der Waals surface area contributed by atoms with Crippen molar-refractivity contribution in [2.75, 3.05) is 35.5 Å². The van der Waals surface area contributed by atoms with Gasteiger partial charge in [-0.1, -0.05) is 0 Å². The van der Waals surface area contributed by atoms with E-state index >= 15 is 0 Å². The van der Waals surface area contributed by atoms with Gasteiger partial charge >= 0.3 is 0 Å². The van der Waals surface area contributed by atoms with Gasteiger partial charge < -0.3 is 23.7 Å². The van der Waals surface area contributed by atoms with Crippen LogP contribution in [0.2, 0.25) is 0 Å². The van der Waals surface area contributed by atoms with Crippen molar-refractivity contribution >= 4 is 11.9 Å². The number of carbonyl (C=O) groups excluding carboxylic acids is 1. The highest BCUT2D eigenvalue weighted by atomic mass is 16.5. The maximum Gasteiger partial charge on any atom is 0.193 e. The molecular weight excluding hydrogens is 336 g/mol. The van der Waals surface area contributed by atoms with Gasteiger partial charge in [0.05, 0.1) is 35.5 Å². The van der Waals surface area contributed by atoms with E-state index in [-0.39, 0.29) is 5.78 Å². The predicted octanol–water partition coefficient (Wildman–Crippen LogP) is 3.63. The third-order valence-electron chi connectivity index (χ3n) is 3.82. The van der Waals surface area contributed by atoms with Gasteiger partial charge in [0.2, 0.25) is 0 Å². The summed E-state index contributed by atoms with van der Waals surface area (Å²) >= 11 is 0. The van der Waals surface area contributed by atoms with Crippen molar-refractivity contribution in [3.63, 3.8) is 0 Å². The molecule has 0 amide bonds. The largest absolute Gasteiger partial charge is 0.497 e. The summed E-state index contributed by atoms with van der Waals surface area (Å²) in [6.45, 7) is 0. The van der Waals surface area contributed by atoms with Gasteiger partial charge in [-0.15, -0.1) is 0 Å². The monoisotopic (exact) mass is 358 g/mol. The molecule has 0 spiro atoms. The molecule has 0 unspecified atom stereocenters. The molecule has 0 fully saturated rings. The minimum atomic E-state index is -0.265. The van der Waals surface area contributed by atoms with E-state index in [0.717, 1.165) is 5.56 Å². The Hall–Kier alpha value is -3.15. The van der Waals surface area contributed by atoms with Crippen LogP contribution in [-0.2, 0) is 0 Å². The highest BCUT2D eigenvalue weighted by molar-refractivity contribution is 6.10. The van der Waals surface area contributed by atoms with Crippen molar-refractivity contribution in [3.8, 4) is 28.7 Å². The Kier molecular flexibility index (Phi) is 6.49. The van der Waals surface area contributed by atoms with Crippen LogP contribution in [0, 0.1) is 0 Å². The Morgan fingerprint density at radius 2 is 1.27 bits per heavy atom. The van der Waals surface area contributed by atoms with Crippen LogP contribution in [0.1, 0.15) is 15.9 Å². The summed E-state index contributed by atoms with van der Waals surface area (Å²) < 4.78 is 26.4. The number of benzene rings is 2. The lowest BCUT2D eigenvalue weighted by molar-refractivity contribution is 0.104. The van der Waals surface area contributed by atoms with Crippen LogP contribution in [-0.4, -0.2) is 41.3 Å². The predicted molar refractivity (Wildman–Crippen MR) is 99.0 cm³/mol. The highest BCUT2D eigenvalue weighted by Crippen LogP contribution is 2.35. The standard InChI is InChI=1S/C20H22O6/c1-22-14-8-6-13(17(10-14)24-3)7-9-16(21)20-18(25-4)11-15(23-2)12-19(20)26-5/h6-12H,1-5H3. The number of allylic oxidation sites excluding steroid dienone is 1. The quantitative estimate of drug-likeness (QED) is 0.530. The summed E-state index contributed by atoms with van der Waals surface area (Å²) in [5.41, 5.74) is 1.06. The zero-order valence-electron chi connectivity index (χ0n) is 15.5. The lowest BCUT2D eigenvalue weighted by Crippen LogP contribution is -2.03. The summed E-state index contributed by atoms with van der Waals surface area (Å²) in [5.74, 6) is 2.29. The van der Waals surface area contributed by atoms with E-state index in [4.69, 9.17) is 23.7 Å². The maximum absolute atomic E-state index is 12.7. The molecule has 0 aromatic heterocycles. The van der Waals surface area contributed by atoms with E-state index in [1.54, 1.807) is 44.6 Å². The van der Waals surface area contributed by atoms with E-state index in [1.165, 1.54) is 27.4 Å². The highest BCUT2D eigenvalue weighted by Gasteiger charge is 2.18. The zero-order valence-corrected chi connectivity index (χ0v) is 15.5. The van der Waals surface area contributed by atoms with Crippen molar-refractivity contribution in [2.45, 2.75) is 0 Å². The van der Waals surface area contributed by atoms with Gasteiger partial charge in [0.1, 0.15) is 34.3 Å². The number of ketones is 1. The molecule has 6 heteroatoms. The van der Waals surface area contributed by atoms with E-state index in [2.05, 4.69) is 0 Å². The summed E-state index contributed by atoms with van der Waals surface area (Å²) in [5, 5.41) is 0. The van der Waals surface area contributed by atoms with Gasteiger partial charge in [0, 0.05) is 23.8 Å². The number of hydrogen-bond donors (Lipinski definition) is 0. The van der Waals surface area contributed by atoms with Crippen LogP contribution in [0.5, 0.6) is 28.7 Å². The second kappa shape index (κ2) is 8.80. The van der Waals surface area contributed by atoms with Crippen molar-refractivity contribution in [2.24, 2.45) is 0 Å². The average Bonchev–Trinajstić information content (AvgIpc) is 2.70. The molecule has 6 nitrogen and oxygen atoms in total. The molecule has 0 aliphatic heterocycles. The van der Waals surface area contributed by atoms with Crippen LogP contribution >= 0.6 is 0 Å². The molecule has 2 rings (SSSR count). The van der Waals surface area contributed by atoms with Crippen LogP contribution in [0.15, 0.2) is 36.4 Å². The lowest BCUT2D eigenvalue weighted by Gasteiger charge is -2.13. The van der Waals surface area contributed by atoms with Gasteiger partial charge in [-0.3, -0.25) is 4.79 Å². The summed E-state index contributed by atoms with van der Waals surface area (Å²) in [4.78, 5) is 12.7. The van der Waals surface area contributed by atoms with Gasteiger partial charge in [0.15, 0.2) is 5.78 Å². The van der Waals surface area contributed by atoms with Gasteiger partial charge in [0.25, 0.3) is 0 Å². The normalized spacial score (nSPS) is 10.5. The van der Waals surface area contributed by atoms with E-state index < -0.39 is 0 Å². The topological polar surface area (TPSA) is 63.2 Å². The Labute approximate surface area is 152 Å². The number of ether oxygens (including phenoxy) is 5. The zero-order chi connectivity index (χ0) is 19.1. The molecule has 0 atom stereocenters. The molecule has 0 saturated heterocycles. The van der Waals surface area contributed by atoms with Gasteiger partial charge in [-0.05, 0) is 24.3 Å². The molecule has 138 valence electrons. The van der Waals surface area contributed by atoms with Crippen LogP contribution < -0.4 is 23.7 Å². The summed E-state index contributed by atoms with van der Waals surface area (Å²) in [6.07, 6.45) is 3.11. The van der Waals surface area contributed by atoms with Crippen molar-refractivity contribution in [1.82, 2.24) is 0 Å². The number of hydrogen-bond acceptors (Lipinski definition) is 6.